The lowest BCUT2D eigenvalue weighted by molar-refractivity contribution is 0.0456. The number of H-pyrrole nitrogens is 1. The third kappa shape index (κ3) is 3.92. The van der Waals surface area contributed by atoms with Crippen molar-refractivity contribution in [3.8, 4) is 0 Å². The lowest BCUT2D eigenvalue weighted by Crippen LogP contribution is -2.17. The molecule has 0 radical (unpaired) electrons. The van der Waals surface area contributed by atoms with Crippen LogP contribution in [-0.2, 0) is 11.3 Å². The minimum atomic E-state index is -0.727. The van der Waals surface area contributed by atoms with Crippen LogP contribution in [-0.4, -0.2) is 31.1 Å². The molecule has 0 aliphatic rings. The van der Waals surface area contributed by atoms with Gasteiger partial charge in [-0.2, -0.15) is 20.1 Å². The second-order valence-corrected chi connectivity index (χ2v) is 6.40. The maximum Gasteiger partial charge on any atom is 0.359 e. The molecule has 0 unspecified atom stereocenters. The van der Waals surface area contributed by atoms with Crippen LogP contribution in [0.15, 0.2) is 53.3 Å². The highest BCUT2D eigenvalue weighted by molar-refractivity contribution is 6.01. The highest BCUT2D eigenvalue weighted by Gasteiger charge is 2.16. The molecule has 2 heterocycles. The van der Waals surface area contributed by atoms with Crippen molar-refractivity contribution in [2.45, 2.75) is 13.5 Å². The van der Waals surface area contributed by atoms with Gasteiger partial charge in [-0.25, -0.2) is 9.89 Å². The Morgan fingerprint density at radius 3 is 2.60 bits per heavy atom. The van der Waals surface area contributed by atoms with Crippen LogP contribution in [0.3, 0.4) is 0 Å². The first-order valence-corrected chi connectivity index (χ1v) is 8.99. The summed E-state index contributed by atoms with van der Waals surface area (Å²) in [6, 6.07) is 14.2. The lowest BCUT2D eigenvalue weighted by atomic mass is 10.1. The minimum Gasteiger partial charge on any atom is -0.453 e. The first kappa shape index (κ1) is 19.0. The lowest BCUT2D eigenvalue weighted by Gasteiger charge is -2.10. The Balaban J connectivity index is 1.54. The van der Waals surface area contributed by atoms with Gasteiger partial charge in [-0.3, -0.25) is 4.79 Å². The van der Waals surface area contributed by atoms with Gasteiger partial charge >= 0.3 is 5.97 Å². The average molecular weight is 403 g/mol. The van der Waals surface area contributed by atoms with Crippen LogP contribution in [0.5, 0.6) is 0 Å². The molecule has 0 saturated carbocycles. The predicted octanol–water partition coefficient (Wildman–Crippen LogP) is 2.10. The molecular formula is C20H17N7O3. The van der Waals surface area contributed by atoms with Gasteiger partial charge in [-0.15, -0.1) is 0 Å². The Kier molecular flexibility index (Phi) is 5.04. The highest BCUT2D eigenvalue weighted by Crippen LogP contribution is 2.18. The van der Waals surface area contributed by atoms with E-state index >= 15 is 0 Å². The van der Waals surface area contributed by atoms with E-state index in [0.29, 0.717) is 10.8 Å². The number of aromatic nitrogens is 5. The third-order valence-corrected chi connectivity index (χ3v) is 4.31. The van der Waals surface area contributed by atoms with Crippen molar-refractivity contribution in [2.75, 3.05) is 11.1 Å². The first-order chi connectivity index (χ1) is 14.5. The van der Waals surface area contributed by atoms with E-state index in [1.807, 2.05) is 31.2 Å². The van der Waals surface area contributed by atoms with Gasteiger partial charge in [0.05, 0.1) is 5.39 Å². The van der Waals surface area contributed by atoms with Crippen molar-refractivity contribution < 1.29 is 9.53 Å². The van der Waals surface area contributed by atoms with Crippen LogP contribution < -0.4 is 16.6 Å². The number of anilines is 3. The highest BCUT2D eigenvalue weighted by atomic mass is 16.5. The molecule has 0 bridgehead atoms. The number of nitrogens with two attached hydrogens (primary N) is 1. The van der Waals surface area contributed by atoms with Crippen LogP contribution in [0.4, 0.5) is 17.6 Å². The number of aryl methyl sites for hydroxylation is 1. The molecule has 0 aliphatic heterocycles. The molecule has 4 rings (SSSR count). The molecule has 0 aliphatic carbocycles. The van der Waals surface area contributed by atoms with Crippen LogP contribution in [0.2, 0.25) is 0 Å². The quantitative estimate of drug-likeness (QED) is 0.426. The van der Waals surface area contributed by atoms with Gasteiger partial charge in [-0.1, -0.05) is 36.4 Å². The Hall–Kier alpha value is -4.34. The molecule has 0 spiro atoms. The van der Waals surface area contributed by atoms with Crippen LogP contribution in [0.25, 0.3) is 10.8 Å². The second kappa shape index (κ2) is 7.95. The number of aromatic amines is 1. The Labute approximate surface area is 170 Å². The normalized spacial score (nSPS) is 10.7. The number of nitrogens with one attached hydrogen (secondary N) is 2. The summed E-state index contributed by atoms with van der Waals surface area (Å²) in [4.78, 5) is 36.7. The first-order valence-electron chi connectivity index (χ1n) is 8.99. The van der Waals surface area contributed by atoms with Crippen molar-refractivity contribution in [3.05, 3.63) is 76.0 Å². The van der Waals surface area contributed by atoms with E-state index in [9.17, 15) is 9.59 Å². The zero-order valence-corrected chi connectivity index (χ0v) is 15.9. The Morgan fingerprint density at radius 1 is 1.07 bits per heavy atom. The summed E-state index contributed by atoms with van der Waals surface area (Å²) in [6.07, 6.45) is 0. The predicted molar refractivity (Wildman–Crippen MR) is 110 cm³/mol. The second-order valence-electron chi connectivity index (χ2n) is 6.40. The van der Waals surface area contributed by atoms with Crippen LogP contribution >= 0.6 is 0 Å². The fraction of sp³-hybridized carbons (Fsp3) is 0.100. The number of carbonyl (C=O) groups excluding carboxylic acids is 1. The number of esters is 1. The maximum absolute atomic E-state index is 12.5. The third-order valence-electron chi connectivity index (χ3n) is 4.31. The molecule has 2 aromatic carbocycles. The molecule has 4 N–H and O–H groups in total. The number of rotatable bonds is 5. The van der Waals surface area contributed by atoms with Crippen molar-refractivity contribution in [1.29, 1.82) is 0 Å². The molecule has 150 valence electrons. The van der Waals surface area contributed by atoms with Gasteiger partial charge in [0.1, 0.15) is 0 Å². The van der Waals surface area contributed by atoms with Gasteiger partial charge in [0, 0.05) is 11.1 Å². The topological polar surface area (TPSA) is 149 Å². The minimum absolute atomic E-state index is 0.00881. The van der Waals surface area contributed by atoms with Crippen molar-refractivity contribution in [2.24, 2.45) is 0 Å². The molecule has 10 heteroatoms. The number of nitrogens with zero attached hydrogens (tertiary/aromatic N) is 4. The number of nitrogen functional groups attached to an aromatic ring is 1. The average Bonchev–Trinajstić information content (AvgIpc) is 2.74. The van der Waals surface area contributed by atoms with Crippen molar-refractivity contribution >= 4 is 34.3 Å². The zero-order valence-electron chi connectivity index (χ0n) is 15.9. The summed E-state index contributed by atoms with van der Waals surface area (Å²) < 4.78 is 5.29. The van der Waals surface area contributed by atoms with Crippen LogP contribution in [0.1, 0.15) is 21.9 Å². The molecule has 0 fully saturated rings. The number of fused-ring (bicyclic) bond motifs is 1. The number of carbonyl (C=O) groups is 1. The molecule has 2 aromatic heterocycles. The van der Waals surface area contributed by atoms with Gasteiger partial charge in [0.15, 0.2) is 18.1 Å². The monoisotopic (exact) mass is 403 g/mol. The van der Waals surface area contributed by atoms with Crippen molar-refractivity contribution in [1.82, 2.24) is 25.1 Å². The van der Waals surface area contributed by atoms with E-state index in [0.717, 1.165) is 11.3 Å². The van der Waals surface area contributed by atoms with E-state index in [4.69, 9.17) is 10.5 Å². The molecule has 4 aromatic rings. The summed E-state index contributed by atoms with van der Waals surface area (Å²) in [5.74, 6) is -0.342. The molecule has 30 heavy (non-hydrogen) atoms. The van der Waals surface area contributed by atoms with E-state index in [-0.39, 0.29) is 35.6 Å². The number of para-hydroxylation sites is 1. The van der Waals surface area contributed by atoms with Gasteiger partial charge in [0.25, 0.3) is 5.56 Å². The van der Waals surface area contributed by atoms with E-state index in [2.05, 4.69) is 30.5 Å². The Bertz CT molecular complexity index is 1300. The summed E-state index contributed by atoms with van der Waals surface area (Å²) >= 11 is 0. The molecule has 0 amide bonds. The smallest absolute Gasteiger partial charge is 0.359 e. The maximum atomic E-state index is 12.5. The van der Waals surface area contributed by atoms with Crippen molar-refractivity contribution in [3.63, 3.8) is 0 Å². The van der Waals surface area contributed by atoms with Gasteiger partial charge in [0.2, 0.25) is 11.9 Å². The Morgan fingerprint density at radius 2 is 1.80 bits per heavy atom. The summed E-state index contributed by atoms with van der Waals surface area (Å²) in [7, 11) is 0. The number of ether oxygens (including phenoxy) is 1. The largest absolute Gasteiger partial charge is 0.453 e. The molecule has 0 saturated heterocycles. The standard InChI is InChI=1S/C20H17N7O3/c1-11-6-2-5-9-14(11)22-20-24-15(23-19(21)25-20)10-30-18(29)16-12-7-3-4-8-13(12)17(28)27-26-16/h2-9H,10H2,1H3,(H,27,28)(H3,21,22,23,24,25). The zero-order chi connectivity index (χ0) is 21.1. The van der Waals surface area contributed by atoms with Gasteiger partial charge in [-0.05, 0) is 24.6 Å². The number of hydrogen-bond acceptors (Lipinski definition) is 9. The summed E-state index contributed by atoms with van der Waals surface area (Å²) in [5, 5.41) is 9.91. The number of hydrogen-bond donors (Lipinski definition) is 3. The SMILES string of the molecule is Cc1ccccc1Nc1nc(N)nc(COC(=O)c2n[nH]c(=O)c3ccccc23)n1. The van der Waals surface area contributed by atoms with Gasteiger partial charge < -0.3 is 15.8 Å². The fourth-order valence-electron chi connectivity index (χ4n) is 2.86. The number of benzene rings is 2. The van der Waals surface area contributed by atoms with E-state index in [1.54, 1.807) is 24.3 Å². The molecule has 10 nitrogen and oxygen atoms in total. The summed E-state index contributed by atoms with van der Waals surface area (Å²) in [5.41, 5.74) is 7.18. The summed E-state index contributed by atoms with van der Waals surface area (Å²) in [6.45, 7) is 1.69. The molecular weight excluding hydrogens is 386 g/mol. The van der Waals surface area contributed by atoms with E-state index in [1.165, 1.54) is 0 Å². The fourth-order valence-corrected chi connectivity index (χ4v) is 2.86. The van der Waals surface area contributed by atoms with E-state index < -0.39 is 5.97 Å². The molecule has 0 atom stereocenters. The van der Waals surface area contributed by atoms with Crippen LogP contribution in [0, 0.1) is 6.92 Å².